The molecule has 1 N–H and O–H groups in total. The number of ketones is 1. The molecule has 1 fully saturated rings. The Bertz CT molecular complexity index is 1030. The van der Waals surface area contributed by atoms with E-state index in [1.807, 2.05) is 64.0 Å². The molecular formula is C27H34N2O5. The van der Waals surface area contributed by atoms with Crippen LogP contribution in [0.25, 0.3) is 5.76 Å². The number of nitrogens with zero attached hydrogens (tertiary/aromatic N) is 2. The first kappa shape index (κ1) is 25.3. The fraction of sp³-hybridized carbons (Fsp3) is 0.407. The smallest absolute Gasteiger partial charge is 0.295 e. The minimum absolute atomic E-state index is 0.0192. The summed E-state index contributed by atoms with van der Waals surface area (Å²) in [4.78, 5) is 29.6. The maximum absolute atomic E-state index is 13.1. The van der Waals surface area contributed by atoms with Crippen LogP contribution in [0.5, 0.6) is 11.5 Å². The number of aliphatic hydroxyl groups is 1. The molecule has 7 nitrogen and oxygen atoms in total. The highest BCUT2D eigenvalue weighted by Crippen LogP contribution is 2.39. The number of carbonyl (C=O) groups excluding carboxylic acids is 2. The molecule has 0 aliphatic carbocycles. The van der Waals surface area contributed by atoms with Crippen molar-refractivity contribution in [1.29, 1.82) is 0 Å². The molecule has 182 valence electrons. The predicted octanol–water partition coefficient (Wildman–Crippen LogP) is 4.25. The summed E-state index contributed by atoms with van der Waals surface area (Å²) in [5.41, 5.74) is 1.28. The molecule has 0 radical (unpaired) electrons. The Hall–Kier alpha value is -3.32. The van der Waals surface area contributed by atoms with Crippen molar-refractivity contribution in [3.8, 4) is 11.5 Å². The molecule has 0 saturated carbocycles. The number of carbonyl (C=O) groups is 2. The normalized spacial score (nSPS) is 17.6. The summed E-state index contributed by atoms with van der Waals surface area (Å²) < 4.78 is 11.3. The standard InChI is InChI=1S/C27H34N2O5/c1-6-17-33-21-11-7-19(8-12-21)24-23(26(31)27(32)29(24)16-15-28(4)5)25(30)20-9-13-22(14-10-20)34-18(2)3/h7-14,18,24,30H,6,15-17H2,1-5H3/t24-/m1/s1. The van der Waals surface area contributed by atoms with Gasteiger partial charge in [-0.15, -0.1) is 0 Å². The van der Waals surface area contributed by atoms with Crippen LogP contribution in [0.3, 0.4) is 0 Å². The van der Waals surface area contributed by atoms with Crippen LogP contribution in [0.15, 0.2) is 54.1 Å². The van der Waals surface area contributed by atoms with Gasteiger partial charge in [0.1, 0.15) is 17.3 Å². The first-order chi connectivity index (χ1) is 16.2. The summed E-state index contributed by atoms with van der Waals surface area (Å²) in [6.07, 6.45) is 0.915. The average molecular weight is 467 g/mol. The van der Waals surface area contributed by atoms with E-state index in [1.54, 1.807) is 24.3 Å². The molecule has 2 aromatic rings. The van der Waals surface area contributed by atoms with Gasteiger partial charge >= 0.3 is 0 Å². The van der Waals surface area contributed by atoms with Crippen molar-refractivity contribution < 1.29 is 24.2 Å². The quantitative estimate of drug-likeness (QED) is 0.320. The van der Waals surface area contributed by atoms with Crippen molar-refractivity contribution in [2.24, 2.45) is 0 Å². The van der Waals surface area contributed by atoms with E-state index in [0.29, 0.717) is 31.0 Å². The van der Waals surface area contributed by atoms with Crippen molar-refractivity contribution in [1.82, 2.24) is 9.80 Å². The van der Waals surface area contributed by atoms with Crippen LogP contribution in [0, 0.1) is 0 Å². The highest BCUT2D eigenvalue weighted by atomic mass is 16.5. The Morgan fingerprint density at radius 1 is 1.03 bits per heavy atom. The number of rotatable bonds is 10. The lowest BCUT2D eigenvalue weighted by atomic mass is 9.95. The lowest BCUT2D eigenvalue weighted by Gasteiger charge is -2.26. The number of aliphatic hydroxyl groups excluding tert-OH is 1. The zero-order chi connectivity index (χ0) is 24.8. The number of hydrogen-bond acceptors (Lipinski definition) is 6. The summed E-state index contributed by atoms with van der Waals surface area (Å²) in [6.45, 7) is 7.45. The number of likely N-dealkylation sites (tertiary alicyclic amines) is 1. The van der Waals surface area contributed by atoms with E-state index in [2.05, 4.69) is 0 Å². The zero-order valence-electron chi connectivity index (χ0n) is 20.6. The molecule has 1 saturated heterocycles. The van der Waals surface area contributed by atoms with Gasteiger partial charge in [0.15, 0.2) is 0 Å². The van der Waals surface area contributed by atoms with Gasteiger partial charge in [0.05, 0.1) is 24.3 Å². The number of amides is 1. The van der Waals surface area contributed by atoms with Gasteiger partial charge in [-0.1, -0.05) is 19.1 Å². The van der Waals surface area contributed by atoms with Gasteiger partial charge in [-0.25, -0.2) is 0 Å². The van der Waals surface area contributed by atoms with Crippen molar-refractivity contribution in [2.75, 3.05) is 33.8 Å². The maximum atomic E-state index is 13.1. The molecule has 1 heterocycles. The SMILES string of the molecule is CCCOc1ccc([C@@H]2C(=C(O)c3ccc(OC(C)C)cc3)C(=O)C(=O)N2CCN(C)C)cc1. The van der Waals surface area contributed by atoms with Crippen molar-refractivity contribution in [3.05, 3.63) is 65.2 Å². The van der Waals surface area contributed by atoms with E-state index in [-0.39, 0.29) is 17.4 Å². The highest BCUT2D eigenvalue weighted by Gasteiger charge is 2.45. The van der Waals surface area contributed by atoms with Gasteiger partial charge in [0.2, 0.25) is 0 Å². The van der Waals surface area contributed by atoms with Crippen molar-refractivity contribution in [3.63, 3.8) is 0 Å². The third-order valence-electron chi connectivity index (χ3n) is 5.50. The largest absolute Gasteiger partial charge is 0.507 e. The van der Waals surface area contributed by atoms with E-state index < -0.39 is 17.7 Å². The monoisotopic (exact) mass is 466 g/mol. The third-order valence-corrected chi connectivity index (χ3v) is 5.50. The molecule has 3 rings (SSSR count). The summed E-state index contributed by atoms with van der Waals surface area (Å²) in [5, 5.41) is 11.2. The maximum Gasteiger partial charge on any atom is 0.295 e. The second-order valence-corrected chi connectivity index (χ2v) is 8.90. The minimum atomic E-state index is -0.688. The Morgan fingerprint density at radius 3 is 2.21 bits per heavy atom. The van der Waals surface area contributed by atoms with Crippen LogP contribution in [0.1, 0.15) is 44.4 Å². The van der Waals surface area contributed by atoms with E-state index in [0.717, 1.165) is 17.7 Å². The van der Waals surface area contributed by atoms with Gasteiger partial charge < -0.3 is 24.4 Å². The average Bonchev–Trinajstić information content (AvgIpc) is 3.06. The van der Waals surface area contributed by atoms with Crippen LogP contribution >= 0.6 is 0 Å². The first-order valence-electron chi connectivity index (χ1n) is 11.7. The second kappa shape index (κ2) is 11.2. The molecule has 0 unspecified atom stereocenters. The number of likely N-dealkylation sites (N-methyl/N-ethyl adjacent to an activating group) is 1. The number of hydrogen-bond donors (Lipinski definition) is 1. The number of Topliss-reactive ketones (excluding diaryl/α,β-unsaturated/α-hetero) is 1. The molecule has 1 aliphatic rings. The summed E-state index contributed by atoms with van der Waals surface area (Å²) >= 11 is 0. The van der Waals surface area contributed by atoms with Crippen LogP contribution in [-0.4, -0.2) is 66.5 Å². The molecule has 1 aliphatic heterocycles. The molecule has 0 aromatic heterocycles. The van der Waals surface area contributed by atoms with Crippen molar-refractivity contribution in [2.45, 2.75) is 39.3 Å². The van der Waals surface area contributed by atoms with Gasteiger partial charge in [0.25, 0.3) is 11.7 Å². The topological polar surface area (TPSA) is 79.3 Å². The lowest BCUT2D eigenvalue weighted by Crippen LogP contribution is -2.35. The predicted molar refractivity (Wildman–Crippen MR) is 132 cm³/mol. The summed E-state index contributed by atoms with van der Waals surface area (Å²) in [5.74, 6) is -0.110. The minimum Gasteiger partial charge on any atom is -0.507 e. The van der Waals surface area contributed by atoms with E-state index in [9.17, 15) is 14.7 Å². The molecule has 34 heavy (non-hydrogen) atoms. The van der Waals surface area contributed by atoms with Gasteiger partial charge in [-0.2, -0.15) is 0 Å². The third kappa shape index (κ3) is 5.78. The molecule has 2 aromatic carbocycles. The van der Waals surface area contributed by atoms with Crippen LogP contribution < -0.4 is 9.47 Å². The fourth-order valence-electron chi connectivity index (χ4n) is 3.85. The van der Waals surface area contributed by atoms with Gasteiger partial charge in [0, 0.05) is 18.7 Å². The molecule has 0 bridgehead atoms. The Labute approximate surface area is 201 Å². The first-order valence-corrected chi connectivity index (χ1v) is 11.7. The lowest BCUT2D eigenvalue weighted by molar-refractivity contribution is -0.140. The summed E-state index contributed by atoms with van der Waals surface area (Å²) in [7, 11) is 3.82. The molecule has 1 amide bonds. The van der Waals surface area contributed by atoms with Gasteiger partial charge in [-0.05, 0) is 76.3 Å². The second-order valence-electron chi connectivity index (χ2n) is 8.90. The van der Waals surface area contributed by atoms with E-state index in [1.165, 1.54) is 4.90 Å². The highest BCUT2D eigenvalue weighted by molar-refractivity contribution is 6.46. The molecule has 1 atom stereocenters. The van der Waals surface area contributed by atoms with Crippen LogP contribution in [0.4, 0.5) is 0 Å². The molecular weight excluding hydrogens is 432 g/mol. The Morgan fingerprint density at radius 2 is 1.65 bits per heavy atom. The van der Waals surface area contributed by atoms with Crippen molar-refractivity contribution >= 4 is 17.4 Å². The summed E-state index contributed by atoms with van der Waals surface area (Å²) in [6, 6.07) is 13.5. The van der Waals surface area contributed by atoms with Gasteiger partial charge in [-0.3, -0.25) is 9.59 Å². The van der Waals surface area contributed by atoms with Crippen LogP contribution in [0.2, 0.25) is 0 Å². The molecule has 7 heteroatoms. The fourth-order valence-corrected chi connectivity index (χ4v) is 3.85. The number of ether oxygens (including phenoxy) is 2. The Balaban J connectivity index is 2.03. The van der Waals surface area contributed by atoms with E-state index >= 15 is 0 Å². The van der Waals surface area contributed by atoms with E-state index in [4.69, 9.17) is 9.47 Å². The number of benzene rings is 2. The van der Waals surface area contributed by atoms with Crippen LogP contribution in [-0.2, 0) is 9.59 Å². The molecule has 0 spiro atoms. The Kier molecular flexibility index (Phi) is 8.34. The zero-order valence-corrected chi connectivity index (χ0v) is 20.6.